The minimum absolute atomic E-state index is 0. The van der Waals surface area contributed by atoms with E-state index in [-0.39, 0.29) is 47.9 Å². The van der Waals surface area contributed by atoms with Crippen LogP contribution in [0.1, 0.15) is 40.5 Å². The van der Waals surface area contributed by atoms with Crippen LogP contribution in [-0.4, -0.2) is 60.7 Å². The highest BCUT2D eigenvalue weighted by Crippen LogP contribution is 2.14. The molecule has 1 fully saturated rings. The maximum atomic E-state index is 11.7. The third-order valence-corrected chi connectivity index (χ3v) is 3.62. The van der Waals surface area contributed by atoms with Crippen LogP contribution in [0, 0.1) is 5.41 Å². The molecule has 130 valence electrons. The summed E-state index contributed by atoms with van der Waals surface area (Å²) in [6, 6.07) is 0.246. The third kappa shape index (κ3) is 7.13. The summed E-state index contributed by atoms with van der Waals surface area (Å²) in [5, 5.41) is 15.9. The molecule has 0 aromatic heterocycles. The van der Waals surface area contributed by atoms with Gasteiger partial charge >= 0.3 is 0 Å². The summed E-state index contributed by atoms with van der Waals surface area (Å²) in [6.07, 6.45) is 1.51. The average Bonchev–Trinajstić information content (AvgIpc) is 2.93. The van der Waals surface area contributed by atoms with Crippen LogP contribution in [0.25, 0.3) is 0 Å². The number of aliphatic hydroxyl groups excluding tert-OH is 1. The number of aliphatic hydroxyl groups is 1. The lowest BCUT2D eigenvalue weighted by atomic mass is 9.95. The van der Waals surface area contributed by atoms with E-state index < -0.39 is 0 Å². The Morgan fingerprint density at radius 1 is 1.41 bits per heavy atom. The fourth-order valence-corrected chi connectivity index (χ4v) is 2.18. The van der Waals surface area contributed by atoms with Gasteiger partial charge in [0.2, 0.25) is 5.91 Å². The quantitative estimate of drug-likeness (QED) is 0.339. The summed E-state index contributed by atoms with van der Waals surface area (Å²) in [7, 11) is 0. The summed E-state index contributed by atoms with van der Waals surface area (Å²) in [4.78, 5) is 18.1. The molecule has 1 amide bonds. The number of nitrogens with one attached hydrogen (secondary N) is 2. The van der Waals surface area contributed by atoms with Gasteiger partial charge in [0.05, 0.1) is 6.54 Å². The van der Waals surface area contributed by atoms with Crippen molar-refractivity contribution in [2.45, 2.75) is 46.6 Å². The predicted molar refractivity (Wildman–Crippen MR) is 101 cm³/mol. The average molecular weight is 426 g/mol. The van der Waals surface area contributed by atoms with Gasteiger partial charge in [0, 0.05) is 44.1 Å². The second kappa shape index (κ2) is 10.3. The number of carbonyl (C=O) groups is 1. The molecule has 0 aliphatic carbocycles. The van der Waals surface area contributed by atoms with Crippen LogP contribution in [0.2, 0.25) is 0 Å². The van der Waals surface area contributed by atoms with Crippen molar-refractivity contribution in [2.75, 3.05) is 32.8 Å². The lowest BCUT2D eigenvalue weighted by Crippen LogP contribution is -2.45. The topological polar surface area (TPSA) is 77.0 Å². The molecule has 1 atom stereocenters. The van der Waals surface area contributed by atoms with Gasteiger partial charge in [-0.1, -0.05) is 20.8 Å². The molecule has 0 aromatic rings. The van der Waals surface area contributed by atoms with Gasteiger partial charge in [0.1, 0.15) is 0 Å². The minimum atomic E-state index is -0.220. The van der Waals surface area contributed by atoms with Crippen LogP contribution in [0.4, 0.5) is 0 Å². The third-order valence-electron chi connectivity index (χ3n) is 3.62. The molecule has 1 rings (SSSR count). The molecule has 1 saturated heterocycles. The molecule has 22 heavy (non-hydrogen) atoms. The van der Waals surface area contributed by atoms with Gasteiger partial charge in [-0.3, -0.25) is 9.79 Å². The van der Waals surface area contributed by atoms with Gasteiger partial charge in [-0.15, -0.1) is 24.0 Å². The van der Waals surface area contributed by atoms with Gasteiger partial charge in [-0.2, -0.15) is 0 Å². The molecule has 1 heterocycles. The molecular formula is C15H31IN4O2. The van der Waals surface area contributed by atoms with E-state index in [1.54, 1.807) is 0 Å². The van der Waals surface area contributed by atoms with Gasteiger partial charge in [-0.05, 0) is 13.3 Å². The van der Waals surface area contributed by atoms with Crippen molar-refractivity contribution in [2.24, 2.45) is 10.4 Å². The Balaban J connectivity index is 0.00000441. The number of halogens is 1. The van der Waals surface area contributed by atoms with E-state index in [9.17, 15) is 9.90 Å². The summed E-state index contributed by atoms with van der Waals surface area (Å²) in [5.41, 5.74) is -0.220. The number of hydrogen-bond acceptors (Lipinski definition) is 3. The Labute approximate surface area is 151 Å². The number of aliphatic imine (C=N–C) groups is 1. The fraction of sp³-hybridized carbons (Fsp3) is 0.867. The van der Waals surface area contributed by atoms with Gasteiger partial charge < -0.3 is 20.6 Å². The highest BCUT2D eigenvalue weighted by atomic mass is 127. The van der Waals surface area contributed by atoms with Gasteiger partial charge in [0.25, 0.3) is 0 Å². The highest BCUT2D eigenvalue weighted by molar-refractivity contribution is 14.0. The molecule has 1 unspecified atom stereocenters. The summed E-state index contributed by atoms with van der Waals surface area (Å²) in [5.74, 6) is 0.970. The van der Waals surface area contributed by atoms with Crippen LogP contribution in [-0.2, 0) is 4.79 Å². The van der Waals surface area contributed by atoms with E-state index in [0.29, 0.717) is 13.0 Å². The first kappa shape index (κ1) is 21.4. The first-order chi connectivity index (χ1) is 9.91. The van der Waals surface area contributed by atoms with Crippen molar-refractivity contribution in [1.29, 1.82) is 0 Å². The molecular weight excluding hydrogens is 395 g/mol. The van der Waals surface area contributed by atoms with Crippen LogP contribution in [0.15, 0.2) is 4.99 Å². The van der Waals surface area contributed by atoms with Crippen molar-refractivity contribution in [3.05, 3.63) is 0 Å². The molecule has 0 spiro atoms. The Hall–Kier alpha value is -0.570. The number of hydrogen-bond donors (Lipinski definition) is 3. The number of amides is 1. The predicted octanol–water partition coefficient (Wildman–Crippen LogP) is 1.19. The van der Waals surface area contributed by atoms with Crippen LogP contribution in [0.5, 0.6) is 0 Å². The maximum Gasteiger partial charge on any atom is 0.222 e. The number of rotatable bonds is 6. The fourth-order valence-electron chi connectivity index (χ4n) is 2.18. The Bertz CT molecular complexity index is 375. The van der Waals surface area contributed by atoms with E-state index in [1.807, 2.05) is 32.6 Å². The lowest BCUT2D eigenvalue weighted by molar-refractivity contribution is -0.129. The molecule has 0 saturated carbocycles. The first-order valence-electron chi connectivity index (χ1n) is 7.85. The zero-order chi connectivity index (χ0) is 15.9. The van der Waals surface area contributed by atoms with E-state index in [0.717, 1.165) is 32.0 Å². The largest absolute Gasteiger partial charge is 0.396 e. The molecule has 0 bridgehead atoms. The Morgan fingerprint density at radius 3 is 2.64 bits per heavy atom. The Kier molecular flexibility index (Phi) is 9.99. The second-order valence-corrected chi connectivity index (χ2v) is 6.34. The van der Waals surface area contributed by atoms with E-state index in [2.05, 4.69) is 15.6 Å². The number of likely N-dealkylation sites (tertiary alicyclic amines) is 1. The lowest BCUT2D eigenvalue weighted by Gasteiger charge is -2.22. The summed E-state index contributed by atoms with van der Waals surface area (Å²) >= 11 is 0. The molecule has 6 nitrogen and oxygen atoms in total. The van der Waals surface area contributed by atoms with Crippen molar-refractivity contribution in [3.8, 4) is 0 Å². The SMILES string of the molecule is CCNC(=NCC(C)(C)CO)NC1CCN(C(=O)CC)C1.I. The molecule has 3 N–H and O–H groups in total. The summed E-state index contributed by atoms with van der Waals surface area (Å²) in [6.45, 7) is 10.9. The number of carbonyl (C=O) groups excluding carboxylic acids is 1. The van der Waals surface area contributed by atoms with E-state index in [1.165, 1.54) is 0 Å². The molecule has 0 radical (unpaired) electrons. The Morgan fingerprint density at radius 2 is 2.09 bits per heavy atom. The van der Waals surface area contributed by atoms with Crippen molar-refractivity contribution >= 4 is 35.8 Å². The van der Waals surface area contributed by atoms with Crippen molar-refractivity contribution < 1.29 is 9.90 Å². The van der Waals surface area contributed by atoms with Gasteiger partial charge in [0.15, 0.2) is 5.96 Å². The van der Waals surface area contributed by atoms with Crippen molar-refractivity contribution in [3.63, 3.8) is 0 Å². The second-order valence-electron chi connectivity index (χ2n) is 6.34. The van der Waals surface area contributed by atoms with E-state index in [4.69, 9.17) is 0 Å². The first-order valence-corrected chi connectivity index (χ1v) is 7.85. The zero-order valence-electron chi connectivity index (χ0n) is 14.2. The van der Waals surface area contributed by atoms with Crippen molar-refractivity contribution in [1.82, 2.24) is 15.5 Å². The zero-order valence-corrected chi connectivity index (χ0v) is 16.5. The number of nitrogens with zero attached hydrogens (tertiary/aromatic N) is 2. The van der Waals surface area contributed by atoms with Crippen LogP contribution < -0.4 is 10.6 Å². The molecule has 7 heteroatoms. The smallest absolute Gasteiger partial charge is 0.222 e. The minimum Gasteiger partial charge on any atom is -0.396 e. The monoisotopic (exact) mass is 426 g/mol. The van der Waals surface area contributed by atoms with Gasteiger partial charge in [-0.25, -0.2) is 0 Å². The molecule has 0 aromatic carbocycles. The highest BCUT2D eigenvalue weighted by Gasteiger charge is 2.26. The molecule has 1 aliphatic heterocycles. The normalized spacial score (nSPS) is 18.9. The number of guanidine groups is 1. The van der Waals surface area contributed by atoms with E-state index >= 15 is 0 Å². The summed E-state index contributed by atoms with van der Waals surface area (Å²) < 4.78 is 0. The van der Waals surface area contributed by atoms with Crippen LogP contribution in [0.3, 0.4) is 0 Å². The standard InChI is InChI=1S/C15H30N4O2.HI/c1-5-13(21)19-8-7-12(9-19)18-14(16-6-2)17-10-15(3,4)11-20;/h12,20H,5-11H2,1-4H3,(H2,16,17,18);1H. The maximum absolute atomic E-state index is 11.7. The van der Waals surface area contributed by atoms with Crippen LogP contribution >= 0.6 is 24.0 Å². The molecule has 1 aliphatic rings.